The molecule has 0 spiro atoms. The highest BCUT2D eigenvalue weighted by atomic mass is 35.5. The summed E-state index contributed by atoms with van der Waals surface area (Å²) in [5.74, 6) is 1.68. The number of nitrogens with zero attached hydrogens (tertiary/aromatic N) is 1. The minimum atomic E-state index is 0.334. The van der Waals surface area contributed by atoms with Crippen LogP contribution in [0.25, 0.3) is 0 Å². The number of halogens is 1. The molecule has 0 radical (unpaired) electrons. The smallest absolute Gasteiger partial charge is 0.214 e. The van der Waals surface area contributed by atoms with E-state index in [9.17, 15) is 0 Å². The first-order valence-corrected chi connectivity index (χ1v) is 7.96. The molecule has 0 aliphatic heterocycles. The molecule has 1 heterocycles. The molecule has 2 rings (SSSR count). The van der Waals surface area contributed by atoms with Crippen LogP contribution in [0.4, 0.5) is 0 Å². The van der Waals surface area contributed by atoms with Crippen molar-refractivity contribution in [3.8, 4) is 5.88 Å². The number of pyridine rings is 1. The molecular weight excluding hydrogens is 258 g/mol. The molecule has 0 amide bonds. The second kappa shape index (κ2) is 7.14. The third kappa shape index (κ3) is 4.38. The molecule has 1 saturated carbocycles. The molecule has 3 heteroatoms. The van der Waals surface area contributed by atoms with Gasteiger partial charge in [0.05, 0.1) is 0 Å². The molecule has 0 aromatic carbocycles. The average Bonchev–Trinajstić information content (AvgIpc) is 2.67. The molecule has 0 saturated heterocycles. The van der Waals surface area contributed by atoms with Crippen molar-refractivity contribution in [3.05, 3.63) is 23.4 Å². The Bertz CT molecular complexity index is 398. The molecule has 0 atom stereocenters. The van der Waals surface area contributed by atoms with Crippen molar-refractivity contribution in [2.75, 3.05) is 0 Å². The largest absolute Gasteiger partial charge is 0.474 e. The molecule has 1 aliphatic rings. The van der Waals surface area contributed by atoms with Gasteiger partial charge in [0.2, 0.25) is 5.88 Å². The lowest BCUT2D eigenvalue weighted by Crippen LogP contribution is -2.16. The van der Waals surface area contributed by atoms with Gasteiger partial charge in [0.15, 0.2) is 0 Å². The third-order valence-electron chi connectivity index (χ3n) is 3.72. The van der Waals surface area contributed by atoms with E-state index in [1.54, 1.807) is 0 Å². The van der Waals surface area contributed by atoms with Crippen LogP contribution in [0.1, 0.15) is 69.5 Å². The minimum Gasteiger partial charge on any atom is -0.474 e. The van der Waals surface area contributed by atoms with E-state index in [2.05, 4.69) is 24.9 Å². The molecule has 19 heavy (non-hydrogen) atoms. The highest BCUT2D eigenvalue weighted by Crippen LogP contribution is 2.25. The van der Waals surface area contributed by atoms with E-state index in [-0.39, 0.29) is 0 Å². The van der Waals surface area contributed by atoms with Gasteiger partial charge in [0, 0.05) is 17.6 Å². The number of rotatable bonds is 4. The summed E-state index contributed by atoms with van der Waals surface area (Å²) in [5.41, 5.74) is 2.17. The average molecular weight is 282 g/mol. The minimum absolute atomic E-state index is 0.334. The van der Waals surface area contributed by atoms with Gasteiger partial charge in [-0.05, 0) is 43.2 Å². The highest BCUT2D eigenvalue weighted by Gasteiger charge is 2.15. The summed E-state index contributed by atoms with van der Waals surface area (Å²) in [6, 6.07) is 4.07. The summed E-state index contributed by atoms with van der Waals surface area (Å²) in [5, 5.41) is 0. The lowest BCUT2D eigenvalue weighted by atomic mass is 10.1. The first-order chi connectivity index (χ1) is 9.19. The van der Waals surface area contributed by atoms with Crippen LogP contribution in [-0.4, -0.2) is 11.1 Å². The fraction of sp³-hybridized carbons (Fsp3) is 0.688. The summed E-state index contributed by atoms with van der Waals surface area (Å²) in [4.78, 5) is 4.62. The van der Waals surface area contributed by atoms with Crippen LogP contribution >= 0.6 is 11.6 Å². The molecule has 1 fully saturated rings. The predicted octanol–water partition coefficient (Wildman–Crippen LogP) is 5.05. The molecule has 1 aromatic heterocycles. The summed E-state index contributed by atoms with van der Waals surface area (Å²) in [6.45, 7) is 4.30. The summed E-state index contributed by atoms with van der Waals surface area (Å²) in [7, 11) is 0. The van der Waals surface area contributed by atoms with E-state index in [0.29, 0.717) is 17.9 Å². The fourth-order valence-corrected chi connectivity index (χ4v) is 2.70. The molecular formula is C16H24ClNO. The van der Waals surface area contributed by atoms with Gasteiger partial charge in [-0.25, -0.2) is 4.98 Å². The Labute approximate surface area is 121 Å². The Morgan fingerprint density at radius 1 is 1.21 bits per heavy atom. The monoisotopic (exact) mass is 281 g/mol. The zero-order valence-electron chi connectivity index (χ0n) is 12.0. The number of alkyl halides is 1. The predicted molar refractivity (Wildman–Crippen MR) is 80.0 cm³/mol. The van der Waals surface area contributed by atoms with Gasteiger partial charge < -0.3 is 4.74 Å². The second-order valence-corrected chi connectivity index (χ2v) is 6.03. The molecule has 0 N–H and O–H groups in total. The van der Waals surface area contributed by atoms with Crippen LogP contribution in [0.2, 0.25) is 0 Å². The zero-order valence-corrected chi connectivity index (χ0v) is 12.7. The van der Waals surface area contributed by atoms with E-state index < -0.39 is 0 Å². The lowest BCUT2D eigenvalue weighted by molar-refractivity contribution is 0.175. The van der Waals surface area contributed by atoms with E-state index in [1.165, 1.54) is 25.7 Å². The van der Waals surface area contributed by atoms with Gasteiger partial charge in [-0.2, -0.15) is 0 Å². The van der Waals surface area contributed by atoms with Crippen LogP contribution in [-0.2, 0) is 5.88 Å². The Morgan fingerprint density at radius 2 is 1.89 bits per heavy atom. The van der Waals surface area contributed by atoms with E-state index >= 15 is 0 Å². The first kappa shape index (κ1) is 14.6. The van der Waals surface area contributed by atoms with E-state index in [1.807, 2.05) is 6.07 Å². The summed E-state index contributed by atoms with van der Waals surface area (Å²) >= 11 is 5.96. The Balaban J connectivity index is 2.11. The molecule has 0 bridgehead atoms. The molecule has 106 valence electrons. The fourth-order valence-electron chi connectivity index (χ4n) is 2.55. The Morgan fingerprint density at radius 3 is 2.47 bits per heavy atom. The Kier molecular flexibility index (Phi) is 5.50. The SMILES string of the molecule is CC(C)c1cc(CCl)cc(OC2CCCCCC2)n1. The van der Waals surface area contributed by atoms with Crippen LogP contribution in [0.15, 0.2) is 12.1 Å². The van der Waals surface area contributed by atoms with Gasteiger partial charge in [-0.15, -0.1) is 11.6 Å². The maximum Gasteiger partial charge on any atom is 0.214 e. The van der Waals surface area contributed by atoms with Crippen molar-refractivity contribution >= 4 is 11.6 Å². The standard InChI is InChI=1S/C16H24ClNO/c1-12(2)15-9-13(11-17)10-16(18-15)19-14-7-5-3-4-6-8-14/h9-10,12,14H,3-8,11H2,1-2H3. The first-order valence-electron chi connectivity index (χ1n) is 7.42. The second-order valence-electron chi connectivity index (χ2n) is 5.76. The highest BCUT2D eigenvalue weighted by molar-refractivity contribution is 6.17. The third-order valence-corrected chi connectivity index (χ3v) is 4.03. The van der Waals surface area contributed by atoms with Crippen molar-refractivity contribution in [3.63, 3.8) is 0 Å². The maximum absolute atomic E-state index is 6.10. The van der Waals surface area contributed by atoms with Crippen molar-refractivity contribution in [2.45, 2.75) is 70.3 Å². The van der Waals surface area contributed by atoms with Crippen molar-refractivity contribution in [1.29, 1.82) is 0 Å². The van der Waals surface area contributed by atoms with Gasteiger partial charge in [0.25, 0.3) is 0 Å². The van der Waals surface area contributed by atoms with Crippen molar-refractivity contribution < 1.29 is 4.74 Å². The number of ether oxygens (including phenoxy) is 1. The summed E-state index contributed by atoms with van der Waals surface area (Å²) < 4.78 is 6.10. The van der Waals surface area contributed by atoms with Crippen LogP contribution in [0.5, 0.6) is 5.88 Å². The van der Waals surface area contributed by atoms with E-state index in [4.69, 9.17) is 16.3 Å². The Hall–Kier alpha value is -0.760. The van der Waals surface area contributed by atoms with Gasteiger partial charge in [-0.1, -0.05) is 26.7 Å². The van der Waals surface area contributed by atoms with Gasteiger partial charge >= 0.3 is 0 Å². The zero-order chi connectivity index (χ0) is 13.7. The van der Waals surface area contributed by atoms with Gasteiger partial charge in [0.1, 0.15) is 6.10 Å². The van der Waals surface area contributed by atoms with Crippen molar-refractivity contribution in [1.82, 2.24) is 4.98 Å². The summed E-state index contributed by atoms with van der Waals surface area (Å²) in [6.07, 6.45) is 7.88. The maximum atomic E-state index is 6.10. The number of hydrogen-bond donors (Lipinski definition) is 0. The van der Waals surface area contributed by atoms with Crippen LogP contribution in [0, 0.1) is 0 Å². The molecule has 1 aliphatic carbocycles. The quantitative estimate of drug-likeness (QED) is 0.569. The molecule has 1 aromatic rings. The van der Waals surface area contributed by atoms with Crippen molar-refractivity contribution in [2.24, 2.45) is 0 Å². The van der Waals surface area contributed by atoms with Gasteiger partial charge in [-0.3, -0.25) is 0 Å². The van der Waals surface area contributed by atoms with Crippen LogP contribution < -0.4 is 4.74 Å². The lowest BCUT2D eigenvalue weighted by Gasteiger charge is -2.18. The normalized spacial score (nSPS) is 17.5. The van der Waals surface area contributed by atoms with Crippen LogP contribution in [0.3, 0.4) is 0 Å². The molecule has 0 unspecified atom stereocenters. The topological polar surface area (TPSA) is 22.1 Å². The van der Waals surface area contributed by atoms with E-state index in [0.717, 1.165) is 30.0 Å². The number of hydrogen-bond acceptors (Lipinski definition) is 2. The molecule has 2 nitrogen and oxygen atoms in total. The number of aromatic nitrogens is 1.